The first-order valence-electron chi connectivity index (χ1n) is 19.5. The summed E-state index contributed by atoms with van der Waals surface area (Å²) in [5, 5.41) is 4.41. The average Bonchev–Trinajstić information content (AvgIpc) is 3.75. The number of benzene rings is 8. The Hall–Kier alpha value is -7.49. The third-order valence-corrected chi connectivity index (χ3v) is 12.1. The molecule has 0 bridgehead atoms. The summed E-state index contributed by atoms with van der Waals surface area (Å²) in [5.41, 5.74) is 16.4. The van der Waals surface area contributed by atoms with Gasteiger partial charge in [0, 0.05) is 28.5 Å². The summed E-state index contributed by atoms with van der Waals surface area (Å²) in [6, 6.07) is 69.5. The van der Waals surface area contributed by atoms with Crippen LogP contribution in [0.25, 0.3) is 88.8 Å². The third kappa shape index (κ3) is 4.51. The molecule has 0 saturated heterocycles. The Morgan fingerprint density at radius 2 is 0.772 bits per heavy atom. The molecule has 8 aromatic carbocycles. The number of pyridine rings is 1. The second-order valence-electron chi connectivity index (χ2n) is 15.0. The van der Waals surface area contributed by atoms with Crippen LogP contribution >= 0.6 is 0 Å². The highest BCUT2D eigenvalue weighted by Crippen LogP contribution is 2.62. The zero-order chi connectivity index (χ0) is 37.5. The van der Waals surface area contributed by atoms with Gasteiger partial charge in [0.05, 0.1) is 22.5 Å². The molecule has 0 unspecified atom stereocenters. The Bertz CT molecular complexity index is 3060. The van der Waals surface area contributed by atoms with Gasteiger partial charge in [-0.1, -0.05) is 182 Å². The fourth-order valence-electron chi connectivity index (χ4n) is 9.80. The molecule has 0 aliphatic heterocycles. The van der Waals surface area contributed by atoms with Crippen LogP contribution in [-0.4, -0.2) is 15.0 Å². The van der Waals surface area contributed by atoms with Gasteiger partial charge in [-0.25, -0.2) is 15.0 Å². The highest BCUT2D eigenvalue weighted by molar-refractivity contribution is 6.20. The smallest absolute Gasteiger partial charge is 0.160 e. The molecule has 3 nitrogen and oxygen atoms in total. The van der Waals surface area contributed by atoms with Gasteiger partial charge < -0.3 is 0 Å². The number of aromatic nitrogens is 3. The van der Waals surface area contributed by atoms with E-state index in [1.807, 2.05) is 0 Å². The summed E-state index contributed by atoms with van der Waals surface area (Å²) in [7, 11) is 0. The molecule has 0 atom stereocenters. The van der Waals surface area contributed by atoms with E-state index in [1.165, 1.54) is 33.4 Å². The molecule has 0 amide bonds. The normalized spacial score (nSPS) is 13.1. The van der Waals surface area contributed by atoms with Gasteiger partial charge >= 0.3 is 0 Å². The first-order valence-corrected chi connectivity index (χ1v) is 19.5. The molecule has 2 aromatic heterocycles. The van der Waals surface area contributed by atoms with Crippen LogP contribution in [0.15, 0.2) is 200 Å². The Kier molecular flexibility index (Phi) is 6.84. The second-order valence-corrected chi connectivity index (χ2v) is 15.0. The molecule has 12 rings (SSSR count). The molecule has 1 spiro atoms. The van der Waals surface area contributed by atoms with Gasteiger partial charge in [-0.05, 0) is 78.2 Å². The van der Waals surface area contributed by atoms with E-state index in [0.29, 0.717) is 0 Å². The summed E-state index contributed by atoms with van der Waals surface area (Å²) < 4.78 is 0. The molecule has 0 radical (unpaired) electrons. The minimum absolute atomic E-state index is 0.558. The van der Waals surface area contributed by atoms with Gasteiger partial charge in [-0.15, -0.1) is 0 Å². The van der Waals surface area contributed by atoms with Crippen molar-refractivity contribution < 1.29 is 0 Å². The maximum absolute atomic E-state index is 5.75. The van der Waals surface area contributed by atoms with E-state index in [9.17, 15) is 0 Å². The first kappa shape index (κ1) is 31.8. The zero-order valence-corrected chi connectivity index (χ0v) is 30.9. The maximum atomic E-state index is 5.75. The number of nitrogens with zero attached hydrogens (tertiary/aromatic N) is 3. The summed E-state index contributed by atoms with van der Waals surface area (Å²) in [4.78, 5) is 16.5. The van der Waals surface area contributed by atoms with Crippen LogP contribution in [0.3, 0.4) is 0 Å². The van der Waals surface area contributed by atoms with Gasteiger partial charge in [0.15, 0.2) is 5.82 Å². The van der Waals surface area contributed by atoms with Crippen LogP contribution in [0, 0.1) is 0 Å². The molecule has 0 N–H and O–H groups in total. The molecule has 0 fully saturated rings. The van der Waals surface area contributed by atoms with Crippen molar-refractivity contribution in [3.8, 4) is 67.3 Å². The van der Waals surface area contributed by atoms with Crippen molar-refractivity contribution in [2.75, 3.05) is 0 Å². The minimum Gasteiger partial charge on any atom is -0.248 e. The van der Waals surface area contributed by atoms with Crippen LogP contribution in [-0.2, 0) is 5.41 Å². The lowest BCUT2D eigenvalue weighted by Crippen LogP contribution is -2.27. The van der Waals surface area contributed by atoms with Crippen molar-refractivity contribution in [2.45, 2.75) is 5.41 Å². The summed E-state index contributed by atoms with van der Waals surface area (Å²) in [6.07, 6.45) is 2.07. The minimum atomic E-state index is -0.558. The maximum Gasteiger partial charge on any atom is 0.160 e. The predicted octanol–water partition coefficient (Wildman–Crippen LogP) is 13.2. The van der Waals surface area contributed by atoms with Crippen LogP contribution in [0.4, 0.5) is 0 Å². The van der Waals surface area contributed by atoms with Crippen molar-refractivity contribution in [3.63, 3.8) is 0 Å². The first-order chi connectivity index (χ1) is 28.3. The van der Waals surface area contributed by atoms with Crippen molar-refractivity contribution in [1.82, 2.24) is 15.0 Å². The van der Waals surface area contributed by atoms with E-state index in [2.05, 4.69) is 200 Å². The largest absolute Gasteiger partial charge is 0.248 e. The standard InChI is InChI=1S/C54H33N3/c1-3-17-34(18-4-1)36-31-48(35-19-5-2-6-20-35)56-49(32-36)50-40-24-7-9-26-42(40)51(43-27-10-8-25-41(43)50)53-55-33-44-39-23-13-16-30-47(39)54(52(44)57-53)45-28-14-11-21-37(45)38-22-12-15-29-46(38)54/h1-33H. The molecule has 0 saturated carbocycles. The van der Waals surface area contributed by atoms with Gasteiger partial charge in [0.1, 0.15) is 0 Å². The van der Waals surface area contributed by atoms with E-state index < -0.39 is 5.41 Å². The van der Waals surface area contributed by atoms with Gasteiger partial charge in [-0.2, -0.15) is 0 Å². The lowest BCUT2D eigenvalue weighted by atomic mass is 9.72. The van der Waals surface area contributed by atoms with Crippen LogP contribution < -0.4 is 0 Å². The van der Waals surface area contributed by atoms with E-state index in [-0.39, 0.29) is 0 Å². The molecule has 10 aromatic rings. The van der Waals surface area contributed by atoms with Crippen LogP contribution in [0.5, 0.6) is 0 Å². The average molecular weight is 724 g/mol. The Morgan fingerprint density at radius 1 is 0.333 bits per heavy atom. The van der Waals surface area contributed by atoms with Crippen molar-refractivity contribution in [2.24, 2.45) is 0 Å². The second kappa shape index (κ2) is 12.3. The van der Waals surface area contributed by atoms with E-state index in [4.69, 9.17) is 15.0 Å². The van der Waals surface area contributed by atoms with Crippen molar-refractivity contribution >= 4 is 21.5 Å². The Labute approximate surface area is 330 Å². The third-order valence-electron chi connectivity index (χ3n) is 12.1. The number of rotatable bonds is 4. The monoisotopic (exact) mass is 723 g/mol. The molecule has 57 heavy (non-hydrogen) atoms. The number of fused-ring (bicyclic) bond motifs is 12. The molecule has 3 heteroatoms. The lowest BCUT2D eigenvalue weighted by Gasteiger charge is -2.29. The van der Waals surface area contributed by atoms with E-state index >= 15 is 0 Å². The van der Waals surface area contributed by atoms with Gasteiger partial charge in [0.2, 0.25) is 0 Å². The quantitative estimate of drug-likeness (QED) is 0.170. The Balaban J connectivity index is 1.15. The highest BCUT2D eigenvalue weighted by Gasteiger charge is 2.53. The summed E-state index contributed by atoms with van der Waals surface area (Å²) in [6.45, 7) is 0. The van der Waals surface area contributed by atoms with Crippen LogP contribution in [0.2, 0.25) is 0 Å². The number of hydrogen-bond donors (Lipinski definition) is 0. The highest BCUT2D eigenvalue weighted by atomic mass is 14.9. The van der Waals surface area contributed by atoms with E-state index in [0.717, 1.165) is 77.8 Å². The Morgan fingerprint density at radius 3 is 1.33 bits per heavy atom. The predicted molar refractivity (Wildman–Crippen MR) is 233 cm³/mol. The molecular weight excluding hydrogens is 691 g/mol. The van der Waals surface area contributed by atoms with Crippen LogP contribution in [0.1, 0.15) is 22.4 Å². The topological polar surface area (TPSA) is 38.7 Å². The molecule has 2 aliphatic carbocycles. The summed E-state index contributed by atoms with van der Waals surface area (Å²) >= 11 is 0. The lowest BCUT2D eigenvalue weighted by molar-refractivity contribution is 0.758. The zero-order valence-electron chi connectivity index (χ0n) is 30.9. The van der Waals surface area contributed by atoms with Gasteiger partial charge in [0.25, 0.3) is 0 Å². The summed E-state index contributed by atoms with van der Waals surface area (Å²) in [5.74, 6) is 0.720. The fourth-order valence-corrected chi connectivity index (χ4v) is 9.80. The molecule has 2 heterocycles. The van der Waals surface area contributed by atoms with E-state index in [1.54, 1.807) is 0 Å². The van der Waals surface area contributed by atoms with Gasteiger partial charge in [-0.3, -0.25) is 0 Å². The molecular formula is C54H33N3. The molecule has 264 valence electrons. The fraction of sp³-hybridized carbons (Fsp3) is 0.0185. The number of hydrogen-bond acceptors (Lipinski definition) is 3. The van der Waals surface area contributed by atoms with Crippen molar-refractivity contribution in [1.29, 1.82) is 0 Å². The van der Waals surface area contributed by atoms with Crippen molar-refractivity contribution in [3.05, 3.63) is 223 Å². The molecule has 2 aliphatic rings. The SMILES string of the molecule is c1ccc(-c2cc(-c3ccccc3)nc(-c3c4ccccc4c(-c4ncc5c(n4)C4(c6ccccc6-c6ccccc64)c4ccccc4-5)c4ccccc34)c2)cc1.